The van der Waals surface area contributed by atoms with Gasteiger partial charge in [0.2, 0.25) is 5.91 Å². The summed E-state index contributed by atoms with van der Waals surface area (Å²) in [5.41, 5.74) is 1.54. The molecule has 1 heterocycles. The van der Waals surface area contributed by atoms with Crippen LogP contribution in [0.2, 0.25) is 0 Å². The summed E-state index contributed by atoms with van der Waals surface area (Å²) in [6.45, 7) is 0.981. The van der Waals surface area contributed by atoms with Gasteiger partial charge >= 0.3 is 0 Å². The van der Waals surface area contributed by atoms with Crippen molar-refractivity contribution < 1.29 is 9.18 Å². The fraction of sp³-hybridized carbons (Fsp3) is 0.200. The Morgan fingerprint density at radius 3 is 2.60 bits per heavy atom. The third-order valence-corrected chi connectivity index (χ3v) is 2.80. The second kappa shape index (κ2) is 7.35. The minimum Gasteiger partial charge on any atom is -0.351 e. The first-order valence-electron chi connectivity index (χ1n) is 6.35. The van der Waals surface area contributed by atoms with Gasteiger partial charge in [-0.1, -0.05) is 18.2 Å². The summed E-state index contributed by atoms with van der Waals surface area (Å²) in [6, 6.07) is 10.2. The highest BCUT2D eigenvalue weighted by atomic mass is 19.1. The number of nitrogens with one attached hydrogen (secondary N) is 2. The predicted molar refractivity (Wildman–Crippen MR) is 74.2 cm³/mol. The molecule has 0 saturated heterocycles. The van der Waals surface area contributed by atoms with Crippen molar-refractivity contribution in [3.8, 4) is 0 Å². The number of carbonyl (C=O) groups excluding carboxylic acids is 1. The molecule has 1 amide bonds. The van der Waals surface area contributed by atoms with Gasteiger partial charge in [-0.15, -0.1) is 0 Å². The molecule has 104 valence electrons. The Hall–Kier alpha value is -2.27. The highest BCUT2D eigenvalue weighted by Crippen LogP contribution is 2.05. The highest BCUT2D eigenvalue weighted by molar-refractivity contribution is 5.77. The molecule has 0 unspecified atom stereocenters. The Bertz CT molecular complexity index is 560. The van der Waals surface area contributed by atoms with Gasteiger partial charge in [-0.2, -0.15) is 0 Å². The Kier molecular flexibility index (Phi) is 5.20. The number of hydrogen-bond acceptors (Lipinski definition) is 3. The molecule has 0 saturated carbocycles. The van der Waals surface area contributed by atoms with Crippen molar-refractivity contribution in [2.75, 3.05) is 6.54 Å². The number of halogens is 1. The van der Waals surface area contributed by atoms with Crippen molar-refractivity contribution in [2.45, 2.75) is 13.1 Å². The molecular weight excluding hydrogens is 257 g/mol. The third kappa shape index (κ3) is 4.44. The zero-order valence-corrected chi connectivity index (χ0v) is 11.0. The van der Waals surface area contributed by atoms with E-state index in [-0.39, 0.29) is 24.8 Å². The second-order valence-electron chi connectivity index (χ2n) is 4.33. The second-order valence-corrected chi connectivity index (χ2v) is 4.33. The van der Waals surface area contributed by atoms with Crippen LogP contribution in [0, 0.1) is 5.82 Å². The van der Waals surface area contributed by atoms with Gasteiger partial charge in [0.15, 0.2) is 0 Å². The van der Waals surface area contributed by atoms with Crippen LogP contribution in [0.25, 0.3) is 0 Å². The minimum atomic E-state index is -0.308. The topological polar surface area (TPSA) is 54.0 Å². The van der Waals surface area contributed by atoms with Crippen LogP contribution in [0.4, 0.5) is 4.39 Å². The van der Waals surface area contributed by atoms with Gasteiger partial charge in [0.1, 0.15) is 5.82 Å². The average Bonchev–Trinajstić information content (AvgIpc) is 2.47. The largest absolute Gasteiger partial charge is 0.351 e. The SMILES string of the molecule is O=C(CNCc1ccncc1)NCc1ccccc1F. The molecule has 0 bridgehead atoms. The lowest BCUT2D eigenvalue weighted by Crippen LogP contribution is -2.33. The molecule has 0 aliphatic rings. The van der Waals surface area contributed by atoms with Crippen molar-refractivity contribution in [3.63, 3.8) is 0 Å². The average molecular weight is 273 g/mol. The smallest absolute Gasteiger partial charge is 0.234 e. The van der Waals surface area contributed by atoms with E-state index in [9.17, 15) is 9.18 Å². The Balaban J connectivity index is 1.70. The third-order valence-electron chi connectivity index (χ3n) is 2.80. The Morgan fingerprint density at radius 2 is 1.85 bits per heavy atom. The summed E-state index contributed by atoms with van der Waals surface area (Å²) in [6.07, 6.45) is 3.41. The summed E-state index contributed by atoms with van der Waals surface area (Å²) in [5, 5.41) is 5.69. The van der Waals surface area contributed by atoms with Gasteiger partial charge in [-0.05, 0) is 23.8 Å². The first kappa shape index (κ1) is 14.1. The van der Waals surface area contributed by atoms with E-state index in [2.05, 4.69) is 15.6 Å². The van der Waals surface area contributed by atoms with Gasteiger partial charge in [-0.25, -0.2) is 4.39 Å². The van der Waals surface area contributed by atoms with E-state index in [0.717, 1.165) is 5.56 Å². The molecular formula is C15H16FN3O. The van der Waals surface area contributed by atoms with Crippen LogP contribution in [0.3, 0.4) is 0 Å². The van der Waals surface area contributed by atoms with Crippen LogP contribution >= 0.6 is 0 Å². The van der Waals surface area contributed by atoms with E-state index < -0.39 is 0 Å². The van der Waals surface area contributed by atoms with Crippen LogP contribution in [-0.4, -0.2) is 17.4 Å². The van der Waals surface area contributed by atoms with Crippen LogP contribution in [0.15, 0.2) is 48.8 Å². The number of nitrogens with zero attached hydrogens (tertiary/aromatic N) is 1. The molecule has 0 radical (unpaired) electrons. The zero-order chi connectivity index (χ0) is 14.2. The fourth-order valence-electron chi connectivity index (χ4n) is 1.72. The fourth-order valence-corrected chi connectivity index (χ4v) is 1.72. The first-order valence-corrected chi connectivity index (χ1v) is 6.35. The number of benzene rings is 1. The number of rotatable bonds is 6. The number of aromatic nitrogens is 1. The number of hydrogen-bond donors (Lipinski definition) is 2. The van der Waals surface area contributed by atoms with Crippen molar-refractivity contribution in [3.05, 3.63) is 65.7 Å². The molecule has 1 aromatic heterocycles. The molecule has 5 heteroatoms. The maximum Gasteiger partial charge on any atom is 0.234 e. The molecule has 2 rings (SSSR count). The lowest BCUT2D eigenvalue weighted by Gasteiger charge is -2.07. The standard InChI is InChI=1S/C15H16FN3O/c16-14-4-2-1-3-13(14)10-19-15(20)11-18-9-12-5-7-17-8-6-12/h1-8,18H,9-11H2,(H,19,20). The lowest BCUT2D eigenvalue weighted by atomic mass is 10.2. The maximum absolute atomic E-state index is 13.3. The molecule has 2 aromatic rings. The van der Waals surface area contributed by atoms with Crippen molar-refractivity contribution in [1.82, 2.24) is 15.6 Å². The molecule has 4 nitrogen and oxygen atoms in total. The summed E-state index contributed by atoms with van der Waals surface area (Å²) in [5.74, 6) is -0.472. The molecule has 1 aromatic carbocycles. The molecule has 0 atom stereocenters. The quantitative estimate of drug-likeness (QED) is 0.841. The molecule has 2 N–H and O–H groups in total. The van der Waals surface area contributed by atoms with Crippen LogP contribution in [0.5, 0.6) is 0 Å². The van der Waals surface area contributed by atoms with E-state index in [1.807, 2.05) is 12.1 Å². The lowest BCUT2D eigenvalue weighted by molar-refractivity contribution is -0.120. The summed E-state index contributed by atoms with van der Waals surface area (Å²) >= 11 is 0. The molecule has 0 aliphatic carbocycles. The Morgan fingerprint density at radius 1 is 1.10 bits per heavy atom. The van der Waals surface area contributed by atoms with E-state index in [0.29, 0.717) is 12.1 Å². The van der Waals surface area contributed by atoms with Crippen LogP contribution in [0.1, 0.15) is 11.1 Å². The van der Waals surface area contributed by atoms with Crippen molar-refractivity contribution >= 4 is 5.91 Å². The predicted octanol–water partition coefficient (Wildman–Crippen LogP) is 1.63. The first-order chi connectivity index (χ1) is 9.75. The molecule has 0 aliphatic heterocycles. The van der Waals surface area contributed by atoms with Crippen LogP contribution in [-0.2, 0) is 17.9 Å². The summed E-state index contributed by atoms with van der Waals surface area (Å²) in [7, 11) is 0. The van der Waals surface area contributed by atoms with Gasteiger partial charge in [-0.3, -0.25) is 9.78 Å². The molecule has 0 fully saturated rings. The number of carbonyl (C=O) groups is 1. The van der Waals surface area contributed by atoms with Gasteiger partial charge < -0.3 is 10.6 Å². The van der Waals surface area contributed by atoms with E-state index in [1.54, 1.807) is 30.6 Å². The highest BCUT2D eigenvalue weighted by Gasteiger charge is 2.04. The van der Waals surface area contributed by atoms with E-state index >= 15 is 0 Å². The maximum atomic E-state index is 13.3. The summed E-state index contributed by atoms with van der Waals surface area (Å²) in [4.78, 5) is 15.5. The monoisotopic (exact) mass is 273 g/mol. The number of pyridine rings is 1. The van der Waals surface area contributed by atoms with Gasteiger partial charge in [0, 0.05) is 31.0 Å². The van der Waals surface area contributed by atoms with Crippen molar-refractivity contribution in [2.24, 2.45) is 0 Å². The van der Waals surface area contributed by atoms with Gasteiger partial charge in [0.05, 0.1) is 6.54 Å². The van der Waals surface area contributed by atoms with Crippen LogP contribution < -0.4 is 10.6 Å². The van der Waals surface area contributed by atoms with E-state index in [4.69, 9.17) is 0 Å². The van der Waals surface area contributed by atoms with E-state index in [1.165, 1.54) is 6.07 Å². The summed E-state index contributed by atoms with van der Waals surface area (Å²) < 4.78 is 13.3. The minimum absolute atomic E-state index is 0.165. The zero-order valence-electron chi connectivity index (χ0n) is 11.0. The molecule has 0 spiro atoms. The number of amides is 1. The molecule has 20 heavy (non-hydrogen) atoms. The Labute approximate surface area is 117 Å². The normalized spacial score (nSPS) is 10.2. The van der Waals surface area contributed by atoms with Crippen molar-refractivity contribution in [1.29, 1.82) is 0 Å². The van der Waals surface area contributed by atoms with Gasteiger partial charge in [0.25, 0.3) is 0 Å².